The van der Waals surface area contributed by atoms with Gasteiger partial charge in [-0.2, -0.15) is 0 Å². The Kier molecular flexibility index (Phi) is 5.21. The third kappa shape index (κ3) is 3.52. The smallest absolute Gasteiger partial charge is 0.301 e. The number of hydrogen-bond acceptors (Lipinski definition) is 5. The second-order valence-corrected chi connectivity index (χ2v) is 6.75. The average molecular weight is 422 g/mol. The zero-order chi connectivity index (χ0) is 22.1. The van der Waals surface area contributed by atoms with E-state index < -0.39 is 35.1 Å². The molecule has 6 nitrogen and oxygen atoms in total. The van der Waals surface area contributed by atoms with Gasteiger partial charge in [-0.15, -0.1) is 0 Å². The predicted molar refractivity (Wildman–Crippen MR) is 108 cm³/mol. The van der Waals surface area contributed by atoms with Crippen molar-refractivity contribution in [2.45, 2.75) is 6.04 Å². The van der Waals surface area contributed by atoms with Crippen LogP contribution in [0.15, 0.2) is 72.4 Å². The van der Waals surface area contributed by atoms with Gasteiger partial charge < -0.3 is 9.84 Å². The second kappa shape index (κ2) is 7.98. The molecule has 2 heterocycles. The predicted octanol–water partition coefficient (Wildman–Crippen LogP) is 3.99. The minimum Gasteiger partial charge on any atom is -0.507 e. The second-order valence-electron chi connectivity index (χ2n) is 6.75. The quantitative estimate of drug-likeness (QED) is 0.391. The van der Waals surface area contributed by atoms with Gasteiger partial charge in [-0.25, -0.2) is 13.8 Å². The molecular weight excluding hydrogens is 406 g/mol. The van der Waals surface area contributed by atoms with Crippen LogP contribution in [-0.2, 0) is 9.59 Å². The molecule has 0 bridgehead atoms. The van der Waals surface area contributed by atoms with Crippen LogP contribution in [0.5, 0.6) is 5.75 Å². The first-order valence-electron chi connectivity index (χ1n) is 9.23. The first kappa shape index (κ1) is 20.2. The van der Waals surface area contributed by atoms with Crippen molar-refractivity contribution in [3.05, 3.63) is 95.2 Å². The van der Waals surface area contributed by atoms with Gasteiger partial charge in [0.2, 0.25) is 0 Å². The molecule has 1 atom stereocenters. The molecule has 1 saturated heterocycles. The summed E-state index contributed by atoms with van der Waals surface area (Å²) in [4.78, 5) is 31.2. The van der Waals surface area contributed by atoms with Crippen LogP contribution in [-0.4, -0.2) is 28.9 Å². The normalized spacial score (nSPS) is 17.8. The topological polar surface area (TPSA) is 79.7 Å². The molecule has 0 aliphatic carbocycles. The highest BCUT2D eigenvalue weighted by molar-refractivity contribution is 6.51. The fourth-order valence-electron chi connectivity index (χ4n) is 3.54. The molecule has 1 N–H and O–H groups in total. The van der Waals surface area contributed by atoms with Crippen molar-refractivity contribution < 1.29 is 28.2 Å². The lowest BCUT2D eigenvalue weighted by molar-refractivity contribution is -0.132. The van der Waals surface area contributed by atoms with Crippen molar-refractivity contribution in [3.63, 3.8) is 0 Å². The van der Waals surface area contributed by atoms with Gasteiger partial charge in [0.1, 0.15) is 29.0 Å². The van der Waals surface area contributed by atoms with Crippen LogP contribution in [0.3, 0.4) is 0 Å². The summed E-state index contributed by atoms with van der Waals surface area (Å²) >= 11 is 0. The molecule has 1 aromatic heterocycles. The Labute approximate surface area is 176 Å². The SMILES string of the molecule is COc1ccc(F)cc1C(O)=C1C(=O)C(=O)N(c2ccccn2)C1c1ccc(F)cc1. The number of aliphatic hydroxyl groups excluding tert-OH is 1. The summed E-state index contributed by atoms with van der Waals surface area (Å²) in [6.45, 7) is 0. The van der Waals surface area contributed by atoms with Gasteiger partial charge in [0.05, 0.1) is 24.3 Å². The number of nitrogens with zero attached hydrogens (tertiary/aromatic N) is 2. The largest absolute Gasteiger partial charge is 0.507 e. The number of amides is 1. The van der Waals surface area contributed by atoms with E-state index in [1.807, 2.05) is 0 Å². The zero-order valence-corrected chi connectivity index (χ0v) is 16.3. The number of aliphatic hydroxyl groups is 1. The summed E-state index contributed by atoms with van der Waals surface area (Å²) in [5.41, 5.74) is -0.0111. The minimum absolute atomic E-state index is 0.0892. The number of ketones is 1. The van der Waals surface area contributed by atoms with Gasteiger partial charge in [-0.1, -0.05) is 18.2 Å². The number of anilines is 1. The molecule has 1 fully saturated rings. The van der Waals surface area contributed by atoms with Crippen molar-refractivity contribution in [2.75, 3.05) is 12.0 Å². The minimum atomic E-state index is -1.11. The summed E-state index contributed by atoms with van der Waals surface area (Å²) < 4.78 is 32.6. The van der Waals surface area contributed by atoms with Gasteiger partial charge in [-0.3, -0.25) is 14.5 Å². The first-order valence-corrected chi connectivity index (χ1v) is 9.23. The molecule has 1 amide bonds. The number of methoxy groups -OCH3 is 1. The zero-order valence-electron chi connectivity index (χ0n) is 16.3. The van der Waals surface area contributed by atoms with Crippen LogP contribution in [0.25, 0.3) is 5.76 Å². The van der Waals surface area contributed by atoms with E-state index in [4.69, 9.17) is 4.74 Å². The van der Waals surface area contributed by atoms with Crippen LogP contribution < -0.4 is 9.64 Å². The van der Waals surface area contributed by atoms with Gasteiger partial charge in [0, 0.05) is 6.20 Å². The van der Waals surface area contributed by atoms with E-state index in [0.29, 0.717) is 5.56 Å². The Morgan fingerprint density at radius 2 is 1.74 bits per heavy atom. The van der Waals surface area contributed by atoms with Gasteiger partial charge in [0.25, 0.3) is 5.78 Å². The number of carbonyl (C=O) groups is 2. The average Bonchev–Trinajstić information content (AvgIpc) is 3.05. The number of benzene rings is 2. The first-order chi connectivity index (χ1) is 14.9. The number of pyridine rings is 1. The van der Waals surface area contributed by atoms with Crippen molar-refractivity contribution in [1.29, 1.82) is 0 Å². The van der Waals surface area contributed by atoms with Crippen molar-refractivity contribution in [3.8, 4) is 5.75 Å². The molecule has 2 aromatic carbocycles. The monoisotopic (exact) mass is 422 g/mol. The fourth-order valence-corrected chi connectivity index (χ4v) is 3.54. The molecule has 1 aliphatic heterocycles. The molecule has 3 aromatic rings. The third-order valence-electron chi connectivity index (χ3n) is 4.94. The Morgan fingerprint density at radius 1 is 1.03 bits per heavy atom. The molecule has 156 valence electrons. The van der Waals surface area contributed by atoms with Crippen LogP contribution in [0, 0.1) is 11.6 Å². The highest BCUT2D eigenvalue weighted by Gasteiger charge is 2.47. The molecule has 1 aliphatic rings. The molecule has 4 rings (SSSR count). The number of ether oxygens (including phenoxy) is 1. The van der Waals surface area contributed by atoms with Crippen molar-refractivity contribution in [1.82, 2.24) is 4.98 Å². The number of halogens is 2. The van der Waals surface area contributed by atoms with Crippen molar-refractivity contribution >= 4 is 23.3 Å². The van der Waals surface area contributed by atoms with Gasteiger partial charge in [-0.05, 0) is 48.0 Å². The highest BCUT2D eigenvalue weighted by atomic mass is 19.1. The number of carbonyl (C=O) groups excluding carboxylic acids is 2. The van der Waals surface area contributed by atoms with Crippen LogP contribution in [0.2, 0.25) is 0 Å². The molecule has 0 spiro atoms. The lowest BCUT2D eigenvalue weighted by Gasteiger charge is -2.24. The van der Waals surface area contributed by atoms with Gasteiger partial charge >= 0.3 is 5.91 Å². The molecule has 1 unspecified atom stereocenters. The van der Waals surface area contributed by atoms with Crippen LogP contribution in [0.1, 0.15) is 17.2 Å². The summed E-state index contributed by atoms with van der Waals surface area (Å²) in [6, 6.07) is 12.3. The molecule has 0 radical (unpaired) electrons. The van der Waals surface area contributed by atoms with E-state index in [-0.39, 0.29) is 22.7 Å². The van der Waals surface area contributed by atoms with E-state index in [0.717, 1.165) is 17.0 Å². The fraction of sp³-hybridized carbons (Fsp3) is 0.0870. The van der Waals surface area contributed by atoms with E-state index in [2.05, 4.69) is 4.98 Å². The summed E-state index contributed by atoms with van der Waals surface area (Å²) in [5, 5.41) is 11.0. The highest BCUT2D eigenvalue weighted by Crippen LogP contribution is 2.42. The maximum Gasteiger partial charge on any atom is 0.301 e. The number of Topliss-reactive ketones (excluding diaryl/α,β-unsaturated/α-hetero) is 1. The van der Waals surface area contributed by atoms with E-state index >= 15 is 0 Å². The lowest BCUT2D eigenvalue weighted by atomic mass is 9.95. The molecule has 0 saturated carbocycles. The molecular formula is C23H16F2N2O4. The maximum absolute atomic E-state index is 13.9. The Bertz CT molecular complexity index is 1190. The van der Waals surface area contributed by atoms with Crippen LogP contribution >= 0.6 is 0 Å². The number of hydrogen-bond donors (Lipinski definition) is 1. The Hall–Kier alpha value is -4.07. The Morgan fingerprint density at radius 3 is 2.39 bits per heavy atom. The van der Waals surface area contributed by atoms with E-state index in [9.17, 15) is 23.5 Å². The lowest BCUT2D eigenvalue weighted by Crippen LogP contribution is -2.30. The number of aromatic nitrogens is 1. The molecule has 31 heavy (non-hydrogen) atoms. The maximum atomic E-state index is 13.9. The van der Waals surface area contributed by atoms with Gasteiger partial charge in [0.15, 0.2) is 0 Å². The Balaban J connectivity index is 1.98. The van der Waals surface area contributed by atoms with Crippen molar-refractivity contribution in [2.24, 2.45) is 0 Å². The standard InChI is InChI=1S/C23H16F2N2O4/c1-31-17-10-9-15(25)12-16(17)21(28)19-20(13-5-7-14(24)8-6-13)27(23(30)22(19)29)18-4-2-3-11-26-18/h2-12,20,28H,1H3. The molecule has 8 heteroatoms. The number of rotatable bonds is 4. The summed E-state index contributed by atoms with van der Waals surface area (Å²) in [6.07, 6.45) is 1.45. The van der Waals surface area contributed by atoms with Crippen LogP contribution in [0.4, 0.5) is 14.6 Å². The summed E-state index contributed by atoms with van der Waals surface area (Å²) in [7, 11) is 1.33. The summed E-state index contributed by atoms with van der Waals surface area (Å²) in [5.74, 6) is -3.41. The van der Waals surface area contributed by atoms with E-state index in [1.54, 1.807) is 12.1 Å². The third-order valence-corrected chi connectivity index (χ3v) is 4.94. The van der Waals surface area contributed by atoms with E-state index in [1.165, 1.54) is 49.7 Å².